The maximum absolute atomic E-state index is 13.5. The standard InChI is InChI=1S/C24H25N3O5/c1-3-32-20-10-8-19(9-11-20)27-23(29)21(17-4-6-18(7-5-17)25-16(2)28)22(24(27)30)26-12-14-31-15-13-26/h4-11H,3,12-15H2,1-2H3,(H,25,28). The van der Waals surface area contributed by atoms with Crippen molar-refractivity contribution in [3.63, 3.8) is 0 Å². The van der Waals surface area contributed by atoms with Gasteiger partial charge in [-0.2, -0.15) is 0 Å². The van der Waals surface area contributed by atoms with Crippen LogP contribution in [-0.2, 0) is 19.1 Å². The minimum atomic E-state index is -0.382. The third-order valence-electron chi connectivity index (χ3n) is 5.29. The smallest absolute Gasteiger partial charge is 0.282 e. The summed E-state index contributed by atoms with van der Waals surface area (Å²) in [5.41, 5.74) is 2.45. The summed E-state index contributed by atoms with van der Waals surface area (Å²) in [4.78, 5) is 41.5. The molecular weight excluding hydrogens is 410 g/mol. The van der Waals surface area contributed by atoms with Crippen LogP contribution >= 0.6 is 0 Å². The van der Waals surface area contributed by atoms with Gasteiger partial charge in [-0.3, -0.25) is 14.4 Å². The summed E-state index contributed by atoms with van der Waals surface area (Å²) in [5.74, 6) is -0.250. The Kier molecular flexibility index (Phi) is 6.23. The normalized spacial score (nSPS) is 16.6. The fraction of sp³-hybridized carbons (Fsp3) is 0.292. The number of hydrogen-bond acceptors (Lipinski definition) is 6. The van der Waals surface area contributed by atoms with Crippen LogP contribution < -0.4 is 15.0 Å². The van der Waals surface area contributed by atoms with Crippen LogP contribution in [0, 0.1) is 0 Å². The molecule has 0 aliphatic carbocycles. The number of nitrogens with one attached hydrogen (secondary N) is 1. The van der Waals surface area contributed by atoms with E-state index in [9.17, 15) is 14.4 Å². The summed E-state index contributed by atoms with van der Waals surface area (Å²) < 4.78 is 10.9. The first kappa shape index (κ1) is 21.6. The Balaban J connectivity index is 1.72. The molecule has 0 radical (unpaired) electrons. The Morgan fingerprint density at radius 1 is 1.00 bits per heavy atom. The molecule has 8 heteroatoms. The quantitative estimate of drug-likeness (QED) is 0.702. The molecule has 0 aromatic heterocycles. The number of nitrogens with zero attached hydrogens (tertiary/aromatic N) is 2. The van der Waals surface area contributed by atoms with E-state index in [-0.39, 0.29) is 17.7 Å². The second-order valence-corrected chi connectivity index (χ2v) is 7.45. The van der Waals surface area contributed by atoms with Gasteiger partial charge in [-0.25, -0.2) is 4.90 Å². The maximum Gasteiger partial charge on any atom is 0.282 e. The zero-order chi connectivity index (χ0) is 22.7. The van der Waals surface area contributed by atoms with Crippen molar-refractivity contribution < 1.29 is 23.9 Å². The topological polar surface area (TPSA) is 88.2 Å². The Labute approximate surface area is 186 Å². The first-order chi connectivity index (χ1) is 15.5. The highest BCUT2D eigenvalue weighted by Gasteiger charge is 2.42. The van der Waals surface area contributed by atoms with Gasteiger partial charge in [-0.15, -0.1) is 0 Å². The number of morpholine rings is 1. The van der Waals surface area contributed by atoms with Crippen LogP contribution in [0.4, 0.5) is 11.4 Å². The lowest BCUT2D eigenvalue weighted by molar-refractivity contribution is -0.121. The number of carbonyl (C=O) groups is 3. The second kappa shape index (κ2) is 9.23. The van der Waals surface area contributed by atoms with Gasteiger partial charge in [0.25, 0.3) is 11.8 Å². The van der Waals surface area contributed by atoms with Gasteiger partial charge in [-0.1, -0.05) is 12.1 Å². The predicted molar refractivity (Wildman–Crippen MR) is 120 cm³/mol. The molecule has 8 nitrogen and oxygen atoms in total. The molecule has 0 atom stereocenters. The first-order valence-electron chi connectivity index (χ1n) is 10.6. The molecule has 0 unspecified atom stereocenters. The fourth-order valence-corrected chi connectivity index (χ4v) is 3.87. The highest BCUT2D eigenvalue weighted by molar-refractivity contribution is 6.45. The average molecular weight is 435 g/mol. The van der Waals surface area contributed by atoms with Crippen LogP contribution in [0.1, 0.15) is 19.4 Å². The minimum absolute atomic E-state index is 0.181. The largest absolute Gasteiger partial charge is 0.494 e. The Morgan fingerprint density at radius 3 is 2.25 bits per heavy atom. The number of amides is 3. The SMILES string of the molecule is CCOc1ccc(N2C(=O)C(c3ccc(NC(C)=O)cc3)=C(N3CCOCC3)C2=O)cc1. The van der Waals surface area contributed by atoms with Crippen molar-refractivity contribution in [2.24, 2.45) is 0 Å². The molecule has 4 rings (SSSR count). The molecule has 32 heavy (non-hydrogen) atoms. The summed E-state index contributed by atoms with van der Waals surface area (Å²) in [6.45, 7) is 5.88. The van der Waals surface area contributed by atoms with Crippen molar-refractivity contribution in [2.75, 3.05) is 43.1 Å². The number of carbonyl (C=O) groups excluding carboxylic acids is 3. The van der Waals surface area contributed by atoms with Gasteiger partial charge in [0.05, 0.1) is 31.1 Å². The number of anilines is 2. The van der Waals surface area contributed by atoms with Gasteiger partial charge in [0.2, 0.25) is 5.91 Å². The first-order valence-corrected chi connectivity index (χ1v) is 10.6. The third kappa shape index (κ3) is 4.22. The third-order valence-corrected chi connectivity index (χ3v) is 5.29. The van der Waals surface area contributed by atoms with E-state index < -0.39 is 0 Å². The molecule has 1 N–H and O–H groups in total. The summed E-state index contributed by atoms with van der Waals surface area (Å²) >= 11 is 0. The molecule has 1 fully saturated rings. The average Bonchev–Trinajstić information content (AvgIpc) is 3.05. The van der Waals surface area contributed by atoms with Crippen molar-refractivity contribution in [3.8, 4) is 5.75 Å². The van der Waals surface area contributed by atoms with E-state index in [1.165, 1.54) is 11.8 Å². The Morgan fingerprint density at radius 2 is 1.66 bits per heavy atom. The number of hydrogen-bond donors (Lipinski definition) is 1. The summed E-state index contributed by atoms with van der Waals surface area (Å²) in [5, 5.41) is 2.71. The summed E-state index contributed by atoms with van der Waals surface area (Å²) in [7, 11) is 0. The van der Waals surface area contributed by atoms with Gasteiger partial charge >= 0.3 is 0 Å². The number of rotatable bonds is 6. The molecule has 0 spiro atoms. The van der Waals surface area contributed by atoms with Gasteiger partial charge in [-0.05, 0) is 48.9 Å². The van der Waals surface area contributed by atoms with Crippen molar-refractivity contribution in [1.82, 2.24) is 4.90 Å². The monoisotopic (exact) mass is 435 g/mol. The molecule has 2 aromatic carbocycles. The van der Waals surface area contributed by atoms with Crippen LogP contribution in [0.5, 0.6) is 5.75 Å². The number of ether oxygens (including phenoxy) is 2. The molecule has 2 aliphatic rings. The van der Waals surface area contributed by atoms with Gasteiger partial charge in [0.1, 0.15) is 11.4 Å². The molecule has 1 saturated heterocycles. The van der Waals surface area contributed by atoms with E-state index in [1.54, 1.807) is 48.5 Å². The maximum atomic E-state index is 13.5. The molecule has 0 saturated carbocycles. The van der Waals surface area contributed by atoms with Crippen LogP contribution in [0.25, 0.3) is 5.57 Å². The molecule has 2 aliphatic heterocycles. The minimum Gasteiger partial charge on any atom is -0.494 e. The lowest BCUT2D eigenvalue weighted by Crippen LogP contribution is -2.40. The van der Waals surface area contributed by atoms with E-state index in [0.29, 0.717) is 66.9 Å². The van der Waals surface area contributed by atoms with Gasteiger partial charge < -0.3 is 19.7 Å². The fourth-order valence-electron chi connectivity index (χ4n) is 3.87. The van der Waals surface area contributed by atoms with Crippen LogP contribution in [0.15, 0.2) is 54.2 Å². The number of benzene rings is 2. The molecule has 2 aromatic rings. The van der Waals surface area contributed by atoms with E-state index >= 15 is 0 Å². The van der Waals surface area contributed by atoms with Crippen LogP contribution in [0.2, 0.25) is 0 Å². The molecular formula is C24H25N3O5. The Bertz CT molecular complexity index is 1050. The summed E-state index contributed by atoms with van der Waals surface area (Å²) in [6.07, 6.45) is 0. The summed E-state index contributed by atoms with van der Waals surface area (Å²) in [6, 6.07) is 13.8. The molecule has 166 valence electrons. The van der Waals surface area contributed by atoms with Gasteiger partial charge in [0.15, 0.2) is 0 Å². The zero-order valence-electron chi connectivity index (χ0n) is 18.1. The van der Waals surface area contributed by atoms with E-state index in [2.05, 4.69) is 5.32 Å². The zero-order valence-corrected chi connectivity index (χ0v) is 18.1. The lowest BCUT2D eigenvalue weighted by Gasteiger charge is -2.29. The van der Waals surface area contributed by atoms with Crippen molar-refractivity contribution >= 4 is 34.7 Å². The predicted octanol–water partition coefficient (Wildman–Crippen LogP) is 2.66. The van der Waals surface area contributed by atoms with Crippen LogP contribution in [0.3, 0.4) is 0 Å². The van der Waals surface area contributed by atoms with E-state index in [4.69, 9.17) is 9.47 Å². The highest BCUT2D eigenvalue weighted by atomic mass is 16.5. The molecule has 2 heterocycles. The van der Waals surface area contributed by atoms with E-state index in [1.807, 2.05) is 11.8 Å². The lowest BCUT2D eigenvalue weighted by atomic mass is 10.0. The highest BCUT2D eigenvalue weighted by Crippen LogP contribution is 2.36. The van der Waals surface area contributed by atoms with Crippen molar-refractivity contribution in [3.05, 3.63) is 59.8 Å². The molecule has 0 bridgehead atoms. The van der Waals surface area contributed by atoms with E-state index in [0.717, 1.165) is 0 Å². The van der Waals surface area contributed by atoms with Gasteiger partial charge in [0, 0.05) is 25.7 Å². The Hall–Kier alpha value is -3.65. The number of imide groups is 1. The van der Waals surface area contributed by atoms with Crippen molar-refractivity contribution in [1.29, 1.82) is 0 Å². The second-order valence-electron chi connectivity index (χ2n) is 7.45. The molecule has 3 amide bonds. The van der Waals surface area contributed by atoms with Crippen LogP contribution in [-0.4, -0.2) is 55.5 Å². The van der Waals surface area contributed by atoms with Crippen molar-refractivity contribution in [2.45, 2.75) is 13.8 Å².